The lowest BCUT2D eigenvalue weighted by Gasteiger charge is -2.18. The molecule has 0 aromatic heterocycles. The molecule has 0 radical (unpaired) electrons. The quantitative estimate of drug-likeness (QED) is 0.445. The van der Waals surface area contributed by atoms with Crippen molar-refractivity contribution < 1.29 is 19.5 Å². The predicted molar refractivity (Wildman–Crippen MR) is 112 cm³/mol. The van der Waals surface area contributed by atoms with Crippen LogP contribution in [0.2, 0.25) is 10.0 Å². The summed E-state index contributed by atoms with van der Waals surface area (Å²) in [6.45, 7) is 2.33. The van der Waals surface area contributed by atoms with E-state index in [4.69, 9.17) is 33.0 Å². The number of rotatable bonds is 8. The number of aliphatic hydroxyl groups is 1. The standard InChI is InChI=1S/C18H22Cl2NO4P.ClH/c1-12(15-5-6-17(19)18(20)9-15)21-10-16(22)8-13-3-2-4-14(7-13)11-26(23,24)25;/h2-7,9,12,16,21-22H,8,10-11H2,1H3,(H2,23,24,25);1H/t12-,16-;/m0./s1. The molecule has 2 rings (SSSR count). The van der Waals surface area contributed by atoms with Crippen LogP contribution in [-0.2, 0) is 17.1 Å². The van der Waals surface area contributed by atoms with Gasteiger partial charge in [-0.1, -0.05) is 53.5 Å². The summed E-state index contributed by atoms with van der Waals surface area (Å²) in [5.74, 6) is 0. The first kappa shape index (κ1) is 24.4. The molecule has 0 aliphatic carbocycles. The molecule has 0 aliphatic rings. The Bertz CT molecular complexity index is 800. The summed E-state index contributed by atoms with van der Waals surface area (Å²) < 4.78 is 11.1. The molecule has 0 saturated heterocycles. The van der Waals surface area contributed by atoms with Gasteiger partial charge in [-0.15, -0.1) is 12.4 Å². The number of nitrogens with one attached hydrogen (secondary N) is 1. The van der Waals surface area contributed by atoms with Gasteiger partial charge in [-0.3, -0.25) is 4.57 Å². The van der Waals surface area contributed by atoms with Crippen LogP contribution in [0.4, 0.5) is 0 Å². The molecule has 2 atom stereocenters. The molecular weight excluding hydrogens is 432 g/mol. The molecular formula is C18H23Cl3NO4P. The summed E-state index contributed by atoms with van der Waals surface area (Å²) in [7, 11) is -4.10. The van der Waals surface area contributed by atoms with Gasteiger partial charge in [0.1, 0.15) is 0 Å². The van der Waals surface area contributed by atoms with Crippen LogP contribution in [0, 0.1) is 0 Å². The summed E-state index contributed by atoms with van der Waals surface area (Å²) in [6.07, 6.45) is -0.551. The molecule has 0 unspecified atom stereocenters. The van der Waals surface area contributed by atoms with E-state index >= 15 is 0 Å². The van der Waals surface area contributed by atoms with Crippen LogP contribution in [0.25, 0.3) is 0 Å². The van der Waals surface area contributed by atoms with Crippen LogP contribution in [-0.4, -0.2) is 27.5 Å². The number of hydrogen-bond acceptors (Lipinski definition) is 3. The molecule has 0 amide bonds. The van der Waals surface area contributed by atoms with Crippen molar-refractivity contribution in [1.82, 2.24) is 5.32 Å². The second-order valence-electron chi connectivity index (χ2n) is 6.30. The minimum absolute atomic E-state index is 0. The highest BCUT2D eigenvalue weighted by molar-refractivity contribution is 7.50. The molecule has 4 N–H and O–H groups in total. The van der Waals surface area contributed by atoms with E-state index in [-0.39, 0.29) is 24.6 Å². The molecule has 27 heavy (non-hydrogen) atoms. The highest BCUT2D eigenvalue weighted by atomic mass is 35.5. The van der Waals surface area contributed by atoms with Crippen molar-refractivity contribution >= 4 is 43.2 Å². The van der Waals surface area contributed by atoms with Gasteiger partial charge in [-0.25, -0.2) is 0 Å². The summed E-state index contributed by atoms with van der Waals surface area (Å²) in [6, 6.07) is 12.3. The Morgan fingerprint density at radius 3 is 2.37 bits per heavy atom. The number of aliphatic hydroxyl groups excluding tert-OH is 1. The van der Waals surface area contributed by atoms with Gasteiger partial charge in [0.15, 0.2) is 0 Å². The zero-order valence-corrected chi connectivity index (χ0v) is 17.9. The zero-order chi connectivity index (χ0) is 19.3. The van der Waals surface area contributed by atoms with Gasteiger partial charge >= 0.3 is 7.60 Å². The Labute approximate surface area is 175 Å². The van der Waals surface area contributed by atoms with Crippen molar-refractivity contribution in [2.75, 3.05) is 6.54 Å². The van der Waals surface area contributed by atoms with Gasteiger partial charge in [-0.2, -0.15) is 0 Å². The molecule has 150 valence electrons. The molecule has 5 nitrogen and oxygen atoms in total. The van der Waals surface area contributed by atoms with Gasteiger partial charge < -0.3 is 20.2 Å². The second kappa shape index (κ2) is 10.8. The van der Waals surface area contributed by atoms with Gasteiger partial charge in [0.25, 0.3) is 0 Å². The fourth-order valence-electron chi connectivity index (χ4n) is 2.65. The Balaban J connectivity index is 0.00000364. The van der Waals surface area contributed by atoms with Gasteiger partial charge in [0, 0.05) is 12.6 Å². The molecule has 0 bridgehead atoms. The third-order valence-electron chi connectivity index (χ3n) is 3.95. The summed E-state index contributed by atoms with van der Waals surface area (Å²) >= 11 is 11.9. The third-order valence-corrected chi connectivity index (χ3v) is 5.47. The van der Waals surface area contributed by atoms with E-state index in [2.05, 4.69) is 5.32 Å². The molecule has 0 aliphatic heterocycles. The summed E-state index contributed by atoms with van der Waals surface area (Å²) in [4.78, 5) is 18.1. The Hall–Kier alpha value is -0.620. The van der Waals surface area contributed by atoms with Crippen molar-refractivity contribution in [3.05, 3.63) is 69.2 Å². The Morgan fingerprint density at radius 2 is 1.74 bits per heavy atom. The predicted octanol–water partition coefficient (Wildman–Crippen LogP) is 4.35. The first-order valence-corrected chi connectivity index (χ1v) is 10.7. The maximum atomic E-state index is 11.1. The lowest BCUT2D eigenvalue weighted by atomic mass is 10.0. The Morgan fingerprint density at radius 1 is 1.07 bits per heavy atom. The number of halogens is 3. The van der Waals surface area contributed by atoms with Gasteiger partial charge in [0.05, 0.1) is 22.3 Å². The van der Waals surface area contributed by atoms with E-state index in [9.17, 15) is 9.67 Å². The van der Waals surface area contributed by atoms with Gasteiger partial charge in [-0.05, 0) is 42.2 Å². The molecule has 2 aromatic carbocycles. The van der Waals surface area contributed by atoms with E-state index in [0.29, 0.717) is 28.6 Å². The van der Waals surface area contributed by atoms with Crippen LogP contribution < -0.4 is 5.32 Å². The van der Waals surface area contributed by atoms with Crippen molar-refractivity contribution in [3.8, 4) is 0 Å². The smallest absolute Gasteiger partial charge is 0.329 e. The van der Waals surface area contributed by atoms with E-state index in [0.717, 1.165) is 11.1 Å². The molecule has 0 fully saturated rings. The minimum atomic E-state index is -4.10. The van der Waals surface area contributed by atoms with Crippen LogP contribution in [0.3, 0.4) is 0 Å². The highest BCUT2D eigenvalue weighted by Gasteiger charge is 2.15. The molecule has 0 heterocycles. The van der Waals surface area contributed by atoms with Crippen LogP contribution in [0.15, 0.2) is 42.5 Å². The number of benzene rings is 2. The zero-order valence-electron chi connectivity index (χ0n) is 14.7. The first-order chi connectivity index (χ1) is 12.1. The van der Waals surface area contributed by atoms with Crippen molar-refractivity contribution in [1.29, 1.82) is 0 Å². The summed E-state index contributed by atoms with van der Waals surface area (Å²) in [5, 5.41) is 14.5. The maximum absolute atomic E-state index is 11.1. The first-order valence-electron chi connectivity index (χ1n) is 8.13. The van der Waals surface area contributed by atoms with Crippen molar-refractivity contribution in [2.45, 2.75) is 31.7 Å². The monoisotopic (exact) mass is 453 g/mol. The average molecular weight is 455 g/mol. The Kier molecular flexibility index (Phi) is 9.76. The summed E-state index contributed by atoms with van der Waals surface area (Å²) in [5.41, 5.74) is 2.35. The van der Waals surface area contributed by atoms with Crippen LogP contribution in [0.1, 0.15) is 29.7 Å². The number of hydrogen-bond donors (Lipinski definition) is 4. The van der Waals surface area contributed by atoms with Crippen LogP contribution in [0.5, 0.6) is 0 Å². The van der Waals surface area contributed by atoms with Gasteiger partial charge in [0.2, 0.25) is 0 Å². The topological polar surface area (TPSA) is 89.8 Å². The largest absolute Gasteiger partial charge is 0.391 e. The fraction of sp³-hybridized carbons (Fsp3) is 0.333. The van der Waals surface area contributed by atoms with Crippen molar-refractivity contribution in [2.24, 2.45) is 0 Å². The molecule has 9 heteroatoms. The van der Waals surface area contributed by atoms with E-state index < -0.39 is 13.7 Å². The third kappa shape index (κ3) is 8.51. The average Bonchev–Trinajstić information content (AvgIpc) is 2.54. The molecule has 0 spiro atoms. The van der Waals surface area contributed by atoms with E-state index in [1.807, 2.05) is 19.1 Å². The second-order valence-corrected chi connectivity index (χ2v) is 8.76. The molecule has 0 saturated carbocycles. The minimum Gasteiger partial charge on any atom is -0.391 e. The highest BCUT2D eigenvalue weighted by Crippen LogP contribution is 2.39. The lowest BCUT2D eigenvalue weighted by molar-refractivity contribution is 0.168. The lowest BCUT2D eigenvalue weighted by Crippen LogP contribution is -2.30. The van der Waals surface area contributed by atoms with Crippen molar-refractivity contribution in [3.63, 3.8) is 0 Å². The maximum Gasteiger partial charge on any atom is 0.329 e. The van der Waals surface area contributed by atoms with E-state index in [1.165, 1.54) is 0 Å². The normalized spacial score (nSPS) is 13.7. The van der Waals surface area contributed by atoms with E-state index in [1.54, 1.807) is 30.3 Å². The van der Waals surface area contributed by atoms with Crippen LogP contribution >= 0.6 is 43.2 Å². The fourth-order valence-corrected chi connectivity index (χ4v) is 3.63. The SMILES string of the molecule is C[C@H](NC[C@@H](O)Cc1cccc(CP(=O)(O)O)c1)c1ccc(Cl)c(Cl)c1.Cl. The molecule has 2 aromatic rings.